The molecule has 2 saturated heterocycles. The van der Waals surface area contributed by atoms with E-state index in [9.17, 15) is 0 Å². The molecule has 2 aliphatic heterocycles. The molecule has 2 aromatic heterocycles. The topological polar surface area (TPSA) is 39.9 Å². The summed E-state index contributed by atoms with van der Waals surface area (Å²) in [6, 6.07) is 8.78. The zero-order valence-electron chi connectivity index (χ0n) is 13.1. The maximum absolute atomic E-state index is 6.06. The third-order valence-electron chi connectivity index (χ3n) is 5.32. The van der Waals surface area contributed by atoms with E-state index in [0.717, 1.165) is 17.8 Å². The molecular weight excluding hydrogens is 286 g/mol. The first-order chi connectivity index (χ1) is 11.3. The van der Waals surface area contributed by atoms with Crippen LogP contribution in [0.3, 0.4) is 0 Å². The molecule has 3 atom stereocenters. The lowest BCUT2D eigenvalue weighted by atomic mass is 9.94. The molecule has 1 aromatic carbocycles. The van der Waals surface area contributed by atoms with E-state index in [-0.39, 0.29) is 0 Å². The van der Waals surface area contributed by atoms with Gasteiger partial charge in [-0.05, 0) is 43.9 Å². The van der Waals surface area contributed by atoms with Crippen LogP contribution in [0.1, 0.15) is 30.9 Å². The number of ether oxygens (including phenoxy) is 1. The Morgan fingerprint density at radius 2 is 2.09 bits per heavy atom. The fourth-order valence-electron chi connectivity index (χ4n) is 4.24. The first-order valence-corrected chi connectivity index (χ1v) is 8.34. The van der Waals surface area contributed by atoms with E-state index < -0.39 is 0 Å². The van der Waals surface area contributed by atoms with E-state index in [1.54, 1.807) is 0 Å². The lowest BCUT2D eigenvalue weighted by Crippen LogP contribution is -2.21. The Bertz CT molecular complexity index is 885. The van der Waals surface area contributed by atoms with Crippen molar-refractivity contribution >= 4 is 10.9 Å². The largest absolute Gasteiger partial charge is 0.373 e. The van der Waals surface area contributed by atoms with Gasteiger partial charge in [0.1, 0.15) is 5.82 Å². The Morgan fingerprint density at radius 1 is 1.13 bits per heavy atom. The second-order valence-electron chi connectivity index (χ2n) is 6.66. The summed E-state index contributed by atoms with van der Waals surface area (Å²) in [6.45, 7) is 2.15. The smallest absolute Gasteiger partial charge is 0.141 e. The quantitative estimate of drug-likeness (QED) is 0.721. The van der Waals surface area contributed by atoms with Crippen LogP contribution < -0.4 is 0 Å². The maximum Gasteiger partial charge on any atom is 0.141 e. The lowest BCUT2D eigenvalue weighted by Gasteiger charge is -2.23. The Labute approximate surface area is 135 Å². The Balaban J connectivity index is 1.69. The Morgan fingerprint density at radius 3 is 2.91 bits per heavy atom. The highest BCUT2D eigenvalue weighted by atomic mass is 16.5. The van der Waals surface area contributed by atoms with Crippen molar-refractivity contribution in [3.05, 3.63) is 48.4 Å². The number of imidazole rings is 1. The van der Waals surface area contributed by atoms with Crippen LogP contribution in [0.25, 0.3) is 22.3 Å². The van der Waals surface area contributed by atoms with Crippen LogP contribution in [0, 0.1) is 6.92 Å². The van der Waals surface area contributed by atoms with E-state index in [1.165, 1.54) is 29.4 Å². The molecule has 0 spiro atoms. The summed E-state index contributed by atoms with van der Waals surface area (Å²) in [5, 5.41) is 1.17. The SMILES string of the molecule is Cc1ccc2ncccc2c1-c1nccn1[C@@H]1C[C@@H]2CC[C@H]1O2. The number of hydrogen-bond donors (Lipinski definition) is 0. The van der Waals surface area contributed by atoms with Gasteiger partial charge in [-0.2, -0.15) is 0 Å². The average molecular weight is 305 g/mol. The predicted molar refractivity (Wildman–Crippen MR) is 89.3 cm³/mol. The standard InChI is InChI=1S/C19H19N3O/c1-12-4-6-15-14(3-2-8-20-15)18(12)19-21-9-10-22(19)16-11-13-5-7-17(16)23-13/h2-4,6,8-10,13,16-17H,5,7,11H2,1H3/t13-,16+,17+/m0/s1. The molecule has 0 N–H and O–H groups in total. The third-order valence-corrected chi connectivity index (χ3v) is 5.32. The van der Waals surface area contributed by atoms with Crippen molar-refractivity contribution < 1.29 is 4.74 Å². The van der Waals surface area contributed by atoms with Gasteiger partial charge in [0.2, 0.25) is 0 Å². The van der Waals surface area contributed by atoms with E-state index in [2.05, 4.69) is 40.9 Å². The van der Waals surface area contributed by atoms with Gasteiger partial charge in [0.05, 0.1) is 23.8 Å². The van der Waals surface area contributed by atoms with Crippen LogP contribution in [0.4, 0.5) is 0 Å². The monoisotopic (exact) mass is 305 g/mol. The average Bonchev–Trinajstić information content (AvgIpc) is 3.30. The van der Waals surface area contributed by atoms with Gasteiger partial charge in [-0.15, -0.1) is 0 Å². The van der Waals surface area contributed by atoms with Gasteiger partial charge in [0, 0.05) is 29.5 Å². The number of pyridine rings is 1. The van der Waals surface area contributed by atoms with Gasteiger partial charge in [-0.1, -0.05) is 12.1 Å². The van der Waals surface area contributed by atoms with E-state index in [1.807, 2.05) is 18.5 Å². The molecular formula is C19H19N3O. The fourth-order valence-corrected chi connectivity index (χ4v) is 4.24. The number of benzene rings is 1. The molecule has 4 nitrogen and oxygen atoms in total. The minimum atomic E-state index is 0.348. The second-order valence-corrected chi connectivity index (χ2v) is 6.66. The van der Waals surface area contributed by atoms with Crippen molar-refractivity contribution in [1.29, 1.82) is 0 Å². The van der Waals surface area contributed by atoms with E-state index in [4.69, 9.17) is 9.72 Å². The molecule has 4 heteroatoms. The molecule has 0 aliphatic carbocycles. The van der Waals surface area contributed by atoms with Crippen LogP contribution in [0.2, 0.25) is 0 Å². The minimum absolute atomic E-state index is 0.348. The molecule has 2 fully saturated rings. The third kappa shape index (κ3) is 1.94. The zero-order chi connectivity index (χ0) is 15.4. The number of aryl methyl sites for hydroxylation is 1. The van der Waals surface area contributed by atoms with Crippen molar-refractivity contribution in [1.82, 2.24) is 14.5 Å². The molecule has 2 aliphatic rings. The molecule has 23 heavy (non-hydrogen) atoms. The van der Waals surface area contributed by atoms with Gasteiger partial charge < -0.3 is 9.30 Å². The minimum Gasteiger partial charge on any atom is -0.373 e. The lowest BCUT2D eigenvalue weighted by molar-refractivity contribution is 0.0940. The summed E-state index contributed by atoms with van der Waals surface area (Å²) >= 11 is 0. The molecule has 0 saturated carbocycles. The number of fused-ring (bicyclic) bond motifs is 3. The summed E-state index contributed by atoms with van der Waals surface area (Å²) in [5.74, 6) is 1.04. The number of nitrogens with zero attached hydrogens (tertiary/aromatic N) is 3. The van der Waals surface area contributed by atoms with Crippen LogP contribution in [0.5, 0.6) is 0 Å². The van der Waals surface area contributed by atoms with Gasteiger partial charge in [0.15, 0.2) is 0 Å². The van der Waals surface area contributed by atoms with E-state index in [0.29, 0.717) is 18.2 Å². The van der Waals surface area contributed by atoms with Gasteiger partial charge in [-0.25, -0.2) is 4.98 Å². The summed E-state index contributed by atoms with van der Waals surface area (Å²) in [5.41, 5.74) is 3.46. The van der Waals surface area contributed by atoms with E-state index >= 15 is 0 Å². The molecule has 0 unspecified atom stereocenters. The molecule has 5 rings (SSSR count). The Kier molecular flexibility index (Phi) is 2.82. The molecule has 0 radical (unpaired) electrons. The first kappa shape index (κ1) is 13.3. The van der Waals surface area contributed by atoms with Crippen molar-refractivity contribution in [2.45, 2.75) is 44.4 Å². The van der Waals surface area contributed by atoms with Crippen LogP contribution in [-0.4, -0.2) is 26.7 Å². The van der Waals surface area contributed by atoms with Crippen LogP contribution >= 0.6 is 0 Å². The van der Waals surface area contributed by atoms with Gasteiger partial charge >= 0.3 is 0 Å². The highest BCUT2D eigenvalue weighted by molar-refractivity contribution is 5.94. The summed E-state index contributed by atoms with van der Waals surface area (Å²) < 4.78 is 8.39. The van der Waals surface area contributed by atoms with Crippen molar-refractivity contribution in [3.63, 3.8) is 0 Å². The van der Waals surface area contributed by atoms with Crippen LogP contribution in [0.15, 0.2) is 42.9 Å². The summed E-state index contributed by atoms with van der Waals surface area (Å²) in [6.07, 6.45) is 10.1. The number of aromatic nitrogens is 3. The maximum atomic E-state index is 6.06. The second kappa shape index (κ2) is 4.90. The normalized spacial score (nSPS) is 26.2. The van der Waals surface area contributed by atoms with Crippen molar-refractivity contribution in [3.8, 4) is 11.4 Å². The first-order valence-electron chi connectivity index (χ1n) is 8.34. The highest BCUT2D eigenvalue weighted by Crippen LogP contribution is 2.43. The zero-order valence-corrected chi connectivity index (χ0v) is 13.1. The molecule has 4 heterocycles. The Hall–Kier alpha value is -2.20. The summed E-state index contributed by atoms with van der Waals surface area (Å²) in [7, 11) is 0. The molecule has 3 aromatic rings. The summed E-state index contributed by atoms with van der Waals surface area (Å²) in [4.78, 5) is 9.20. The fraction of sp³-hybridized carbons (Fsp3) is 0.368. The number of rotatable bonds is 2. The van der Waals surface area contributed by atoms with Gasteiger partial charge in [-0.3, -0.25) is 4.98 Å². The van der Waals surface area contributed by atoms with Crippen molar-refractivity contribution in [2.24, 2.45) is 0 Å². The predicted octanol–water partition coefficient (Wildman–Crippen LogP) is 3.90. The number of hydrogen-bond acceptors (Lipinski definition) is 3. The van der Waals surface area contributed by atoms with Crippen molar-refractivity contribution in [2.75, 3.05) is 0 Å². The molecule has 0 amide bonds. The molecule has 2 bridgehead atoms. The van der Waals surface area contributed by atoms with Crippen LogP contribution in [-0.2, 0) is 4.74 Å². The van der Waals surface area contributed by atoms with Gasteiger partial charge in [0.25, 0.3) is 0 Å². The molecule has 116 valence electrons. The highest BCUT2D eigenvalue weighted by Gasteiger charge is 2.42.